The van der Waals surface area contributed by atoms with E-state index in [0.29, 0.717) is 0 Å². The Bertz CT molecular complexity index is 506. The molecule has 0 radical (unpaired) electrons. The van der Waals surface area contributed by atoms with Gasteiger partial charge in [0.05, 0.1) is 6.20 Å². The van der Waals surface area contributed by atoms with Gasteiger partial charge in [-0.3, -0.25) is 9.58 Å². The minimum Gasteiger partial charge on any atom is -0.374 e. The van der Waals surface area contributed by atoms with Crippen molar-refractivity contribution in [1.82, 2.24) is 24.3 Å². The number of hydrogen-bond donors (Lipinski definition) is 1. The zero-order chi connectivity index (χ0) is 13.7. The Labute approximate surface area is 117 Å². The Morgan fingerprint density at radius 1 is 1.42 bits per heavy atom. The summed E-state index contributed by atoms with van der Waals surface area (Å²) in [6.45, 7) is 4.76. The Morgan fingerprint density at radius 2 is 2.26 bits per heavy atom. The van der Waals surface area contributed by atoms with Crippen molar-refractivity contribution in [1.29, 1.82) is 0 Å². The fourth-order valence-electron chi connectivity index (χ4n) is 1.86. The summed E-state index contributed by atoms with van der Waals surface area (Å²) in [5.41, 5.74) is 2.22. The molecule has 2 rings (SSSR count). The van der Waals surface area contributed by atoms with Crippen molar-refractivity contribution in [2.24, 2.45) is 7.05 Å². The van der Waals surface area contributed by atoms with Crippen LogP contribution in [0.15, 0.2) is 12.4 Å². The maximum absolute atomic E-state index is 4.20. The van der Waals surface area contributed by atoms with Gasteiger partial charge in [-0.2, -0.15) is 5.10 Å². The van der Waals surface area contributed by atoms with Crippen molar-refractivity contribution >= 4 is 16.5 Å². The highest BCUT2D eigenvalue weighted by atomic mass is 32.1. The first kappa shape index (κ1) is 14.0. The molecule has 0 bridgehead atoms. The first-order valence-electron chi connectivity index (χ1n) is 6.40. The second-order valence-electron chi connectivity index (χ2n) is 4.67. The second kappa shape index (κ2) is 6.63. The molecule has 0 fully saturated rings. The molecule has 2 aromatic rings. The fraction of sp³-hybridized carbons (Fsp3) is 0.583. The van der Waals surface area contributed by atoms with E-state index in [1.54, 1.807) is 0 Å². The normalized spacial score (nSPS) is 11.2. The highest BCUT2D eigenvalue weighted by Crippen LogP contribution is 2.19. The summed E-state index contributed by atoms with van der Waals surface area (Å²) in [6, 6.07) is 0. The first-order valence-corrected chi connectivity index (χ1v) is 7.17. The molecule has 0 aromatic carbocycles. The van der Waals surface area contributed by atoms with Crippen LogP contribution < -0.4 is 5.32 Å². The van der Waals surface area contributed by atoms with Gasteiger partial charge >= 0.3 is 0 Å². The van der Waals surface area contributed by atoms with E-state index in [0.717, 1.165) is 36.8 Å². The average molecular weight is 280 g/mol. The molecule has 0 aliphatic carbocycles. The SMILES string of the molecule is CCCNc1snnc1CN(C)Cc1cnn(C)c1. The minimum absolute atomic E-state index is 0.789. The Balaban J connectivity index is 1.91. The van der Waals surface area contributed by atoms with Crippen LogP contribution in [0.4, 0.5) is 5.00 Å². The van der Waals surface area contributed by atoms with Crippen molar-refractivity contribution < 1.29 is 0 Å². The third-order valence-corrected chi connectivity index (χ3v) is 3.45. The van der Waals surface area contributed by atoms with Crippen LogP contribution in [0.25, 0.3) is 0 Å². The molecule has 0 saturated carbocycles. The van der Waals surface area contributed by atoms with E-state index in [-0.39, 0.29) is 0 Å². The summed E-state index contributed by atoms with van der Waals surface area (Å²) >= 11 is 1.43. The van der Waals surface area contributed by atoms with Crippen molar-refractivity contribution in [3.8, 4) is 0 Å². The van der Waals surface area contributed by atoms with Crippen LogP contribution in [-0.2, 0) is 20.1 Å². The van der Waals surface area contributed by atoms with Crippen LogP contribution in [-0.4, -0.2) is 37.9 Å². The molecular weight excluding hydrogens is 260 g/mol. The summed E-state index contributed by atoms with van der Waals surface area (Å²) in [6.07, 6.45) is 5.03. The van der Waals surface area contributed by atoms with Gasteiger partial charge in [0.25, 0.3) is 0 Å². The molecule has 0 atom stereocenters. The minimum atomic E-state index is 0.789. The molecule has 19 heavy (non-hydrogen) atoms. The molecule has 2 aromatic heterocycles. The molecule has 6 nitrogen and oxygen atoms in total. The Hall–Kier alpha value is -1.47. The second-order valence-corrected chi connectivity index (χ2v) is 5.42. The zero-order valence-electron chi connectivity index (χ0n) is 11.6. The van der Waals surface area contributed by atoms with Crippen molar-refractivity contribution in [2.75, 3.05) is 18.9 Å². The number of anilines is 1. The van der Waals surface area contributed by atoms with Gasteiger partial charge in [0.15, 0.2) is 0 Å². The molecule has 2 heterocycles. The molecule has 0 aliphatic rings. The number of rotatable bonds is 7. The van der Waals surface area contributed by atoms with E-state index in [9.17, 15) is 0 Å². The lowest BCUT2D eigenvalue weighted by atomic mass is 10.3. The zero-order valence-corrected chi connectivity index (χ0v) is 12.4. The van der Waals surface area contributed by atoms with E-state index >= 15 is 0 Å². The van der Waals surface area contributed by atoms with Crippen LogP contribution in [0.3, 0.4) is 0 Å². The van der Waals surface area contributed by atoms with Gasteiger partial charge in [0.2, 0.25) is 0 Å². The number of aryl methyl sites for hydroxylation is 1. The maximum atomic E-state index is 4.20. The smallest absolute Gasteiger partial charge is 0.134 e. The summed E-state index contributed by atoms with van der Waals surface area (Å²) < 4.78 is 5.85. The summed E-state index contributed by atoms with van der Waals surface area (Å²) in [7, 11) is 4.01. The van der Waals surface area contributed by atoms with Gasteiger partial charge in [-0.05, 0) is 13.5 Å². The summed E-state index contributed by atoms with van der Waals surface area (Å²) in [4.78, 5) is 2.21. The van der Waals surface area contributed by atoms with Crippen molar-refractivity contribution in [3.05, 3.63) is 23.7 Å². The lowest BCUT2D eigenvalue weighted by Gasteiger charge is -2.14. The number of nitrogens with one attached hydrogen (secondary N) is 1. The maximum Gasteiger partial charge on any atom is 0.134 e. The Kier molecular flexibility index (Phi) is 4.86. The van der Waals surface area contributed by atoms with Crippen molar-refractivity contribution in [2.45, 2.75) is 26.4 Å². The molecule has 0 aliphatic heterocycles. The highest BCUT2D eigenvalue weighted by molar-refractivity contribution is 7.10. The van der Waals surface area contributed by atoms with Crippen molar-refractivity contribution in [3.63, 3.8) is 0 Å². The lowest BCUT2D eigenvalue weighted by molar-refractivity contribution is 0.315. The van der Waals surface area contributed by atoms with E-state index in [4.69, 9.17) is 0 Å². The average Bonchev–Trinajstić information content (AvgIpc) is 2.96. The van der Waals surface area contributed by atoms with E-state index in [1.165, 1.54) is 17.1 Å². The van der Waals surface area contributed by atoms with Gasteiger partial charge < -0.3 is 5.32 Å². The fourth-order valence-corrected chi connectivity index (χ4v) is 2.46. The van der Waals surface area contributed by atoms with Gasteiger partial charge in [-0.1, -0.05) is 11.4 Å². The summed E-state index contributed by atoms with van der Waals surface area (Å²) in [5.74, 6) is 0. The third-order valence-electron chi connectivity index (χ3n) is 2.72. The molecule has 0 saturated heterocycles. The Morgan fingerprint density at radius 3 is 2.95 bits per heavy atom. The van der Waals surface area contributed by atoms with Crippen LogP contribution in [0.1, 0.15) is 24.6 Å². The van der Waals surface area contributed by atoms with E-state index in [1.807, 2.05) is 24.1 Å². The highest BCUT2D eigenvalue weighted by Gasteiger charge is 2.11. The standard InChI is InChI=1S/C12H20N6S/c1-4-5-13-12-11(15-16-19-12)9-17(2)7-10-6-14-18(3)8-10/h6,8,13H,4-5,7,9H2,1-3H3. The molecule has 104 valence electrons. The number of nitrogens with zero attached hydrogens (tertiary/aromatic N) is 5. The summed E-state index contributed by atoms with van der Waals surface area (Å²) in [5, 5.41) is 12.8. The van der Waals surface area contributed by atoms with Crippen LogP contribution in [0, 0.1) is 0 Å². The molecule has 0 spiro atoms. The lowest BCUT2D eigenvalue weighted by Crippen LogP contribution is -2.18. The quantitative estimate of drug-likeness (QED) is 0.837. The number of aromatic nitrogens is 4. The van der Waals surface area contributed by atoms with E-state index < -0.39 is 0 Å². The number of hydrogen-bond acceptors (Lipinski definition) is 6. The van der Waals surface area contributed by atoms with Crippen LogP contribution in [0.5, 0.6) is 0 Å². The third kappa shape index (κ3) is 4.00. The monoisotopic (exact) mass is 280 g/mol. The molecule has 0 amide bonds. The molecular formula is C12H20N6S. The van der Waals surface area contributed by atoms with Crippen LogP contribution >= 0.6 is 11.5 Å². The van der Waals surface area contributed by atoms with Gasteiger partial charge in [-0.25, -0.2) is 0 Å². The van der Waals surface area contributed by atoms with E-state index in [2.05, 4.69) is 38.9 Å². The molecule has 0 unspecified atom stereocenters. The molecule has 1 N–H and O–H groups in total. The topological polar surface area (TPSA) is 58.9 Å². The van der Waals surface area contributed by atoms with Crippen LogP contribution in [0.2, 0.25) is 0 Å². The predicted octanol–water partition coefficient (Wildman–Crippen LogP) is 1.73. The predicted molar refractivity (Wildman–Crippen MR) is 77.1 cm³/mol. The first-order chi connectivity index (χ1) is 9.19. The largest absolute Gasteiger partial charge is 0.374 e. The van der Waals surface area contributed by atoms with Gasteiger partial charge in [0.1, 0.15) is 10.7 Å². The van der Waals surface area contributed by atoms with Gasteiger partial charge in [-0.15, -0.1) is 5.10 Å². The molecule has 7 heteroatoms. The van der Waals surface area contributed by atoms with Gasteiger partial charge in [0, 0.05) is 50.0 Å².